The van der Waals surface area contributed by atoms with Crippen molar-refractivity contribution < 1.29 is 28.6 Å². The maximum Gasteiger partial charge on any atom is 0.407 e. The van der Waals surface area contributed by atoms with Crippen LogP contribution in [0.1, 0.15) is 85.5 Å². The van der Waals surface area contributed by atoms with E-state index in [0.29, 0.717) is 25.6 Å². The van der Waals surface area contributed by atoms with E-state index in [1.807, 2.05) is 0 Å². The van der Waals surface area contributed by atoms with Gasteiger partial charge in [-0.05, 0) is 58.8 Å². The molecule has 1 aliphatic carbocycles. The fourth-order valence-corrected chi connectivity index (χ4v) is 4.58. The number of ether oxygens (including phenoxy) is 3. The Hall–Kier alpha value is -1.83. The summed E-state index contributed by atoms with van der Waals surface area (Å²) >= 11 is 0. The van der Waals surface area contributed by atoms with Gasteiger partial charge >= 0.3 is 12.1 Å². The molecule has 2 fully saturated rings. The van der Waals surface area contributed by atoms with Crippen LogP contribution < -0.4 is 10.6 Å². The number of rotatable bonds is 9. The molecule has 1 saturated heterocycles. The molecule has 32 heavy (non-hydrogen) atoms. The third-order valence-corrected chi connectivity index (χ3v) is 6.14. The maximum absolute atomic E-state index is 13.0. The average Bonchev–Trinajstić information content (AvgIpc) is 2.73. The Morgan fingerprint density at radius 1 is 1.00 bits per heavy atom. The summed E-state index contributed by atoms with van der Waals surface area (Å²) in [5.74, 6) is -0.105. The summed E-state index contributed by atoms with van der Waals surface area (Å²) in [6.45, 7) is 8.66. The molecule has 2 N–H and O–H groups in total. The molecule has 1 saturated carbocycles. The second-order valence-corrected chi connectivity index (χ2v) is 10.0. The van der Waals surface area contributed by atoms with E-state index in [-0.39, 0.29) is 36.9 Å². The second kappa shape index (κ2) is 13.0. The van der Waals surface area contributed by atoms with Gasteiger partial charge in [-0.25, -0.2) is 9.59 Å². The Morgan fingerprint density at radius 3 is 2.25 bits per heavy atom. The highest BCUT2D eigenvalue weighted by molar-refractivity contribution is 5.85. The molecule has 2 rings (SSSR count). The third kappa shape index (κ3) is 9.76. The molecule has 1 heterocycles. The van der Waals surface area contributed by atoms with Crippen LogP contribution in [0, 0.1) is 11.8 Å². The van der Waals surface area contributed by atoms with Crippen LogP contribution in [0.4, 0.5) is 4.79 Å². The van der Waals surface area contributed by atoms with Crippen LogP contribution in [0.15, 0.2) is 0 Å². The van der Waals surface area contributed by atoms with Crippen molar-refractivity contribution in [2.45, 2.75) is 103 Å². The van der Waals surface area contributed by atoms with Crippen molar-refractivity contribution in [1.82, 2.24) is 10.6 Å². The van der Waals surface area contributed by atoms with Gasteiger partial charge in [0.15, 0.2) is 0 Å². The highest BCUT2D eigenvalue weighted by Crippen LogP contribution is 2.28. The molecule has 1 aliphatic heterocycles. The number of esters is 1. The smallest absolute Gasteiger partial charge is 0.407 e. The molecule has 0 aromatic rings. The first kappa shape index (κ1) is 26.4. The van der Waals surface area contributed by atoms with Crippen molar-refractivity contribution in [3.05, 3.63) is 0 Å². The van der Waals surface area contributed by atoms with Gasteiger partial charge in [0.1, 0.15) is 11.6 Å². The van der Waals surface area contributed by atoms with Crippen molar-refractivity contribution in [3.8, 4) is 0 Å². The largest absolute Gasteiger partial charge is 0.464 e. The summed E-state index contributed by atoms with van der Waals surface area (Å²) in [6, 6.07) is -1.03. The van der Waals surface area contributed by atoms with E-state index in [1.165, 1.54) is 19.3 Å². The molecule has 0 spiro atoms. The molecule has 2 atom stereocenters. The van der Waals surface area contributed by atoms with Gasteiger partial charge in [0.25, 0.3) is 0 Å². The molecule has 0 radical (unpaired) electrons. The first-order valence-corrected chi connectivity index (χ1v) is 12.2. The molecule has 184 valence electrons. The zero-order chi connectivity index (χ0) is 23.6. The molecule has 8 heteroatoms. The second-order valence-electron chi connectivity index (χ2n) is 10.0. The van der Waals surface area contributed by atoms with E-state index in [1.54, 1.807) is 27.7 Å². The maximum atomic E-state index is 13.0. The molecular formula is C24H42N2O6. The minimum absolute atomic E-state index is 0.0878. The Kier molecular flexibility index (Phi) is 10.7. The Labute approximate surface area is 192 Å². The average molecular weight is 455 g/mol. The van der Waals surface area contributed by atoms with Crippen LogP contribution in [0.3, 0.4) is 0 Å². The summed E-state index contributed by atoms with van der Waals surface area (Å²) < 4.78 is 16.1. The van der Waals surface area contributed by atoms with E-state index in [9.17, 15) is 14.4 Å². The first-order chi connectivity index (χ1) is 15.2. The van der Waals surface area contributed by atoms with Crippen molar-refractivity contribution >= 4 is 18.0 Å². The monoisotopic (exact) mass is 454 g/mol. The van der Waals surface area contributed by atoms with Gasteiger partial charge < -0.3 is 24.8 Å². The number of nitrogens with one attached hydrogen (secondary N) is 2. The van der Waals surface area contributed by atoms with Crippen molar-refractivity contribution in [3.63, 3.8) is 0 Å². The Morgan fingerprint density at radius 2 is 1.66 bits per heavy atom. The van der Waals surface area contributed by atoms with Crippen molar-refractivity contribution in [1.29, 1.82) is 0 Å². The summed E-state index contributed by atoms with van der Waals surface area (Å²) in [5, 5.41) is 5.79. The van der Waals surface area contributed by atoms with Crippen molar-refractivity contribution in [2.75, 3.05) is 19.8 Å². The van der Waals surface area contributed by atoms with Gasteiger partial charge in [-0.3, -0.25) is 4.79 Å². The number of carbonyl (C=O) groups excluding carboxylic acids is 3. The zero-order valence-electron chi connectivity index (χ0n) is 20.2. The highest BCUT2D eigenvalue weighted by Gasteiger charge is 2.32. The molecule has 0 bridgehead atoms. The fraction of sp³-hybridized carbons (Fsp3) is 0.875. The van der Waals surface area contributed by atoms with Gasteiger partial charge in [0.05, 0.1) is 6.61 Å². The lowest BCUT2D eigenvalue weighted by atomic mass is 9.84. The molecule has 0 aromatic heterocycles. The third-order valence-electron chi connectivity index (χ3n) is 6.14. The highest BCUT2D eigenvalue weighted by atomic mass is 16.6. The van der Waals surface area contributed by atoms with Crippen LogP contribution >= 0.6 is 0 Å². The van der Waals surface area contributed by atoms with E-state index < -0.39 is 17.7 Å². The van der Waals surface area contributed by atoms with Gasteiger partial charge in [-0.2, -0.15) is 0 Å². The molecule has 2 amide bonds. The van der Waals surface area contributed by atoms with E-state index in [2.05, 4.69) is 10.6 Å². The van der Waals surface area contributed by atoms with Crippen LogP contribution in [0.5, 0.6) is 0 Å². The van der Waals surface area contributed by atoms with Crippen LogP contribution in [-0.2, 0) is 23.8 Å². The number of hydrogen-bond donors (Lipinski definition) is 2. The fourth-order valence-electron chi connectivity index (χ4n) is 4.58. The lowest BCUT2D eigenvalue weighted by molar-refractivity contribution is -0.148. The summed E-state index contributed by atoms with van der Waals surface area (Å²) in [4.78, 5) is 37.9. The van der Waals surface area contributed by atoms with Crippen LogP contribution in [-0.4, -0.2) is 55.5 Å². The lowest BCUT2D eigenvalue weighted by Crippen LogP contribution is -2.49. The Bertz CT molecular complexity index is 606. The standard InChI is InChI=1S/C24H42N2O6/c1-5-31-22(28)20(15-17-9-7-6-8-10-17)25-21(27)16-19(18-11-13-30-14-12-18)26-23(29)32-24(2,3)4/h17-20H,5-16H2,1-4H3,(H,25,27)(H,26,29)/t19?,20-/m0/s1. The molecule has 2 aliphatic rings. The summed E-state index contributed by atoms with van der Waals surface area (Å²) in [5.41, 5.74) is -0.623. The molecule has 1 unspecified atom stereocenters. The lowest BCUT2D eigenvalue weighted by Gasteiger charge is -2.32. The number of carbonyl (C=O) groups is 3. The zero-order valence-corrected chi connectivity index (χ0v) is 20.2. The number of amides is 2. The summed E-state index contributed by atoms with van der Waals surface area (Å²) in [7, 11) is 0. The first-order valence-electron chi connectivity index (χ1n) is 12.2. The van der Waals surface area contributed by atoms with Crippen molar-refractivity contribution in [2.24, 2.45) is 11.8 Å². The van der Waals surface area contributed by atoms with Crippen LogP contribution in [0.2, 0.25) is 0 Å². The van der Waals surface area contributed by atoms with Gasteiger partial charge in [-0.15, -0.1) is 0 Å². The normalized spacial score (nSPS) is 20.1. The van der Waals surface area contributed by atoms with Gasteiger partial charge in [-0.1, -0.05) is 32.1 Å². The topological polar surface area (TPSA) is 103 Å². The molecule has 8 nitrogen and oxygen atoms in total. The number of alkyl carbamates (subject to hydrolysis) is 1. The quantitative estimate of drug-likeness (QED) is 0.515. The summed E-state index contributed by atoms with van der Waals surface area (Å²) in [6.07, 6.45) is 7.40. The van der Waals surface area contributed by atoms with E-state index in [4.69, 9.17) is 14.2 Å². The number of hydrogen-bond acceptors (Lipinski definition) is 6. The SMILES string of the molecule is CCOC(=O)[C@H](CC1CCCCC1)NC(=O)CC(NC(=O)OC(C)(C)C)C1CCOCC1. The minimum Gasteiger partial charge on any atom is -0.464 e. The minimum atomic E-state index is -0.651. The predicted octanol–water partition coefficient (Wildman–Crippen LogP) is 3.71. The Balaban J connectivity index is 2.01. The van der Waals surface area contributed by atoms with E-state index in [0.717, 1.165) is 25.7 Å². The predicted molar refractivity (Wildman–Crippen MR) is 121 cm³/mol. The molecule has 0 aromatic carbocycles. The van der Waals surface area contributed by atoms with E-state index >= 15 is 0 Å². The van der Waals surface area contributed by atoms with Crippen LogP contribution in [0.25, 0.3) is 0 Å². The molecular weight excluding hydrogens is 412 g/mol. The van der Waals surface area contributed by atoms with Gasteiger partial charge in [0.2, 0.25) is 5.91 Å². The van der Waals surface area contributed by atoms with Gasteiger partial charge in [0, 0.05) is 25.7 Å².